The van der Waals surface area contributed by atoms with Gasteiger partial charge in [-0.25, -0.2) is 4.98 Å². The quantitative estimate of drug-likeness (QED) is 0.712. The molecule has 0 atom stereocenters. The van der Waals surface area contributed by atoms with Crippen molar-refractivity contribution in [3.63, 3.8) is 0 Å². The van der Waals surface area contributed by atoms with Crippen molar-refractivity contribution in [2.45, 2.75) is 13.5 Å². The van der Waals surface area contributed by atoms with Gasteiger partial charge >= 0.3 is 0 Å². The largest absolute Gasteiger partial charge is 0.359 e. The Morgan fingerprint density at radius 3 is 3.12 bits per heavy atom. The topological polar surface area (TPSA) is 43.9 Å². The minimum Gasteiger partial charge on any atom is -0.359 e. The normalized spacial score (nSPS) is 10.9. The van der Waals surface area contributed by atoms with Gasteiger partial charge in [0.05, 0.1) is 17.1 Å². The van der Waals surface area contributed by atoms with Crippen LogP contribution in [0.3, 0.4) is 0 Å². The van der Waals surface area contributed by atoms with E-state index in [1.165, 1.54) is 0 Å². The average Bonchev–Trinajstić information content (AvgIpc) is 3.00. The number of rotatable bonds is 3. The Morgan fingerprint density at radius 1 is 1.47 bits per heavy atom. The summed E-state index contributed by atoms with van der Waals surface area (Å²) in [6.45, 7) is 2.58. The maximum Gasteiger partial charge on any atom is 0.156 e. The van der Waals surface area contributed by atoms with Crippen LogP contribution in [0, 0.1) is 6.92 Å². The average molecular weight is 245 g/mol. The smallest absolute Gasteiger partial charge is 0.156 e. The molecule has 0 unspecified atom stereocenters. The van der Waals surface area contributed by atoms with Crippen LogP contribution in [0.1, 0.15) is 11.5 Å². The van der Waals surface area contributed by atoms with Crippen LogP contribution in [0.15, 0.2) is 40.5 Å². The van der Waals surface area contributed by atoms with Gasteiger partial charge in [-0.15, -0.1) is 11.3 Å². The Bertz CT molecular complexity index is 609. The zero-order chi connectivity index (χ0) is 11.7. The van der Waals surface area contributed by atoms with Gasteiger partial charge in [-0.2, -0.15) is 0 Å². The van der Waals surface area contributed by atoms with E-state index in [1.54, 1.807) is 17.5 Å². The maximum absolute atomic E-state index is 5.21. The van der Waals surface area contributed by atoms with Gasteiger partial charge in [0.25, 0.3) is 0 Å². The number of aromatic nitrogens is 3. The minimum absolute atomic E-state index is 0.661. The summed E-state index contributed by atoms with van der Waals surface area (Å²) >= 11 is 1.68. The molecule has 3 aromatic rings. The van der Waals surface area contributed by atoms with Crippen LogP contribution in [-0.2, 0) is 6.54 Å². The molecule has 0 amide bonds. The highest BCUT2D eigenvalue weighted by atomic mass is 32.1. The van der Waals surface area contributed by atoms with Gasteiger partial charge in [-0.1, -0.05) is 11.2 Å². The number of aryl methyl sites for hydroxylation is 1. The summed E-state index contributed by atoms with van der Waals surface area (Å²) in [6.07, 6.45) is 3.76. The van der Waals surface area contributed by atoms with Gasteiger partial charge in [-0.05, 0) is 18.4 Å². The van der Waals surface area contributed by atoms with Gasteiger partial charge < -0.3 is 9.09 Å². The van der Waals surface area contributed by atoms with E-state index in [-0.39, 0.29) is 0 Å². The van der Waals surface area contributed by atoms with Crippen LogP contribution in [0.4, 0.5) is 0 Å². The molecular formula is C12H11N3OS. The van der Waals surface area contributed by atoms with E-state index in [9.17, 15) is 0 Å². The van der Waals surface area contributed by atoms with Gasteiger partial charge in [-0.3, -0.25) is 0 Å². The Kier molecular flexibility index (Phi) is 2.53. The second kappa shape index (κ2) is 4.18. The molecule has 3 rings (SSSR count). The molecule has 86 valence electrons. The zero-order valence-corrected chi connectivity index (χ0v) is 10.1. The van der Waals surface area contributed by atoms with E-state index in [0.29, 0.717) is 6.54 Å². The molecule has 0 N–H and O–H groups in total. The molecule has 0 saturated carbocycles. The fraction of sp³-hybridized carbons (Fsp3) is 0.167. The molecule has 3 heterocycles. The van der Waals surface area contributed by atoms with Crippen molar-refractivity contribution < 1.29 is 4.52 Å². The summed E-state index contributed by atoms with van der Waals surface area (Å²) in [5, 5.41) is 5.93. The molecular weight excluding hydrogens is 234 g/mol. The fourth-order valence-corrected chi connectivity index (χ4v) is 2.46. The zero-order valence-electron chi connectivity index (χ0n) is 9.33. The van der Waals surface area contributed by atoms with Crippen LogP contribution >= 0.6 is 11.3 Å². The number of hydrogen-bond donors (Lipinski definition) is 0. The number of thiophene rings is 1. The van der Waals surface area contributed by atoms with Crippen LogP contribution in [0.25, 0.3) is 10.7 Å². The van der Waals surface area contributed by atoms with E-state index < -0.39 is 0 Å². The summed E-state index contributed by atoms with van der Waals surface area (Å²) in [7, 11) is 0. The third-order valence-corrected chi connectivity index (χ3v) is 3.33. The van der Waals surface area contributed by atoms with E-state index >= 15 is 0 Å². The highest BCUT2D eigenvalue weighted by Crippen LogP contribution is 2.23. The minimum atomic E-state index is 0.661. The maximum atomic E-state index is 5.21. The number of hydrogen-bond acceptors (Lipinski definition) is 4. The van der Waals surface area contributed by atoms with Crippen LogP contribution in [-0.4, -0.2) is 14.7 Å². The van der Waals surface area contributed by atoms with Gasteiger partial charge in [0.15, 0.2) is 5.76 Å². The Labute approximate surface area is 103 Å². The standard InChI is InChI=1S/C12H11N3OS/c1-9-7-10(16-14-9)8-15-5-4-13-12(15)11-3-2-6-17-11/h2-7H,8H2,1H3. The molecule has 0 aliphatic rings. The molecule has 3 aromatic heterocycles. The highest BCUT2D eigenvalue weighted by molar-refractivity contribution is 7.13. The lowest BCUT2D eigenvalue weighted by molar-refractivity contribution is 0.373. The monoisotopic (exact) mass is 245 g/mol. The second-order valence-corrected chi connectivity index (χ2v) is 4.74. The highest BCUT2D eigenvalue weighted by Gasteiger charge is 2.09. The second-order valence-electron chi connectivity index (χ2n) is 3.79. The molecule has 0 aliphatic carbocycles. The van der Waals surface area contributed by atoms with Crippen molar-refractivity contribution in [1.29, 1.82) is 0 Å². The summed E-state index contributed by atoms with van der Waals surface area (Å²) < 4.78 is 7.28. The van der Waals surface area contributed by atoms with Crippen LogP contribution < -0.4 is 0 Å². The van der Waals surface area contributed by atoms with Crippen molar-refractivity contribution in [2.24, 2.45) is 0 Å². The molecule has 5 heteroatoms. The SMILES string of the molecule is Cc1cc(Cn2ccnc2-c2cccs2)on1. The fourth-order valence-electron chi connectivity index (χ4n) is 1.73. The van der Waals surface area contributed by atoms with Crippen molar-refractivity contribution in [1.82, 2.24) is 14.7 Å². The molecule has 0 radical (unpaired) electrons. The van der Waals surface area contributed by atoms with Gasteiger partial charge in [0.1, 0.15) is 5.82 Å². The summed E-state index contributed by atoms with van der Waals surface area (Å²) in [6, 6.07) is 6.03. The lowest BCUT2D eigenvalue weighted by atomic mass is 10.3. The predicted octanol–water partition coefficient (Wildman–Crippen LogP) is 2.96. The third-order valence-electron chi connectivity index (χ3n) is 2.46. The predicted molar refractivity (Wildman–Crippen MR) is 65.9 cm³/mol. The molecule has 0 spiro atoms. The van der Waals surface area contributed by atoms with E-state index in [4.69, 9.17) is 4.52 Å². The molecule has 0 aromatic carbocycles. The Balaban J connectivity index is 1.92. The van der Waals surface area contributed by atoms with Gasteiger partial charge in [0, 0.05) is 18.5 Å². The van der Waals surface area contributed by atoms with Crippen molar-refractivity contribution >= 4 is 11.3 Å². The molecule has 0 aliphatic heterocycles. The summed E-state index contributed by atoms with van der Waals surface area (Å²) in [5.41, 5.74) is 0.901. The first-order valence-electron chi connectivity index (χ1n) is 5.30. The first kappa shape index (κ1) is 10.3. The molecule has 0 bridgehead atoms. The third kappa shape index (κ3) is 2.01. The van der Waals surface area contributed by atoms with E-state index in [2.05, 4.69) is 20.8 Å². The van der Waals surface area contributed by atoms with Crippen molar-refractivity contribution in [2.75, 3.05) is 0 Å². The van der Waals surface area contributed by atoms with Crippen LogP contribution in [0.2, 0.25) is 0 Å². The first-order valence-corrected chi connectivity index (χ1v) is 6.18. The van der Waals surface area contributed by atoms with Gasteiger partial charge in [0.2, 0.25) is 0 Å². The molecule has 0 fully saturated rings. The number of imidazole rings is 1. The van der Waals surface area contributed by atoms with Crippen molar-refractivity contribution in [3.8, 4) is 10.7 Å². The summed E-state index contributed by atoms with van der Waals surface area (Å²) in [4.78, 5) is 5.53. The first-order chi connectivity index (χ1) is 8.33. The number of nitrogens with zero attached hydrogens (tertiary/aromatic N) is 3. The summed E-state index contributed by atoms with van der Waals surface area (Å²) in [5.74, 6) is 1.81. The lowest BCUT2D eigenvalue weighted by Crippen LogP contribution is -1.99. The van der Waals surface area contributed by atoms with Crippen LogP contribution in [0.5, 0.6) is 0 Å². The van der Waals surface area contributed by atoms with E-state index in [0.717, 1.165) is 22.2 Å². The Hall–Kier alpha value is -1.88. The molecule has 17 heavy (non-hydrogen) atoms. The molecule has 4 nitrogen and oxygen atoms in total. The molecule has 0 saturated heterocycles. The Morgan fingerprint density at radius 2 is 2.41 bits per heavy atom. The van der Waals surface area contributed by atoms with E-state index in [1.807, 2.05) is 30.6 Å². The van der Waals surface area contributed by atoms with Crippen molar-refractivity contribution in [3.05, 3.63) is 47.4 Å². The lowest BCUT2D eigenvalue weighted by Gasteiger charge is -2.02.